The van der Waals surface area contributed by atoms with E-state index in [1.54, 1.807) is 0 Å². The lowest BCUT2D eigenvalue weighted by molar-refractivity contribution is 1.14. The van der Waals surface area contributed by atoms with Crippen molar-refractivity contribution in [3.8, 4) is 0 Å². The van der Waals surface area contributed by atoms with Crippen LogP contribution in [0.1, 0.15) is 31.1 Å². The van der Waals surface area contributed by atoms with Crippen LogP contribution >= 0.6 is 22.6 Å². The molecule has 0 aliphatic heterocycles. The van der Waals surface area contributed by atoms with Gasteiger partial charge in [-0.05, 0) is 59.1 Å². The number of halogens is 1. The largest absolute Gasteiger partial charge is 0.342 e. The molecule has 0 saturated heterocycles. The molecule has 1 N–H and O–H groups in total. The van der Waals surface area contributed by atoms with Gasteiger partial charge in [-0.15, -0.1) is 0 Å². The Bertz CT molecular complexity index is 344. The molecule has 1 aromatic heterocycles. The molecule has 0 saturated carbocycles. The van der Waals surface area contributed by atoms with Crippen LogP contribution < -0.4 is 0 Å². The van der Waals surface area contributed by atoms with Gasteiger partial charge in [-0.1, -0.05) is 6.08 Å². The summed E-state index contributed by atoms with van der Waals surface area (Å²) in [6, 6.07) is 0. The van der Waals surface area contributed by atoms with E-state index in [-0.39, 0.29) is 0 Å². The summed E-state index contributed by atoms with van der Waals surface area (Å²) in [5, 5.41) is 0. The highest BCUT2D eigenvalue weighted by Gasteiger charge is 2.01. The van der Waals surface area contributed by atoms with Crippen LogP contribution in [0.4, 0.5) is 0 Å². The number of nitrogens with one attached hydrogen (secondary N) is 1. The van der Waals surface area contributed by atoms with E-state index in [0.717, 1.165) is 17.2 Å². The van der Waals surface area contributed by atoms with Crippen molar-refractivity contribution in [1.82, 2.24) is 9.97 Å². The van der Waals surface area contributed by atoms with Crippen molar-refractivity contribution in [2.45, 2.75) is 20.8 Å². The monoisotopic (exact) mass is 288 g/mol. The molecule has 3 heteroatoms. The highest BCUT2D eigenvalue weighted by molar-refractivity contribution is 14.1. The third-order valence-corrected chi connectivity index (χ3v) is 1.86. The highest BCUT2D eigenvalue weighted by Crippen LogP contribution is 2.15. The number of aromatic amines is 1. The minimum absolute atomic E-state index is 0.956. The topological polar surface area (TPSA) is 28.7 Å². The molecule has 1 aromatic rings. The van der Waals surface area contributed by atoms with E-state index in [1.165, 1.54) is 3.58 Å². The maximum atomic E-state index is 4.36. The maximum absolute atomic E-state index is 4.36. The first kappa shape index (κ1) is 10.5. The average molecular weight is 288 g/mol. The number of allylic oxidation sites excluding steroid dienone is 2. The summed E-state index contributed by atoms with van der Waals surface area (Å²) in [5.74, 6) is 0.956. The smallest absolute Gasteiger partial charge is 0.104 e. The molecule has 0 unspecified atom stereocenters. The lowest BCUT2D eigenvalue weighted by atomic mass is 10.3. The van der Waals surface area contributed by atoms with Gasteiger partial charge in [0.2, 0.25) is 0 Å². The Morgan fingerprint density at radius 2 is 2.23 bits per heavy atom. The molecule has 1 rings (SSSR count). The molecule has 13 heavy (non-hydrogen) atoms. The van der Waals surface area contributed by atoms with Crippen LogP contribution in [-0.4, -0.2) is 9.97 Å². The third kappa shape index (κ3) is 2.99. The molecule has 0 aromatic carbocycles. The maximum Gasteiger partial charge on any atom is 0.104 e. The summed E-state index contributed by atoms with van der Waals surface area (Å²) in [7, 11) is 0. The van der Waals surface area contributed by atoms with Gasteiger partial charge in [0.05, 0.1) is 11.4 Å². The van der Waals surface area contributed by atoms with Crippen LogP contribution in [-0.2, 0) is 0 Å². The molecule has 0 aliphatic rings. The van der Waals surface area contributed by atoms with Gasteiger partial charge in [-0.2, -0.15) is 0 Å². The van der Waals surface area contributed by atoms with E-state index in [0.29, 0.717) is 0 Å². The minimum atomic E-state index is 0.956. The molecule has 0 amide bonds. The molecule has 1 heterocycles. The van der Waals surface area contributed by atoms with Crippen LogP contribution in [0.5, 0.6) is 0 Å². The van der Waals surface area contributed by atoms with E-state index in [2.05, 4.69) is 45.6 Å². The van der Waals surface area contributed by atoms with Crippen molar-refractivity contribution in [2.24, 2.45) is 0 Å². The van der Waals surface area contributed by atoms with Crippen molar-refractivity contribution < 1.29 is 0 Å². The first-order valence-corrected chi connectivity index (χ1v) is 5.24. The van der Waals surface area contributed by atoms with Gasteiger partial charge >= 0.3 is 0 Å². The predicted molar refractivity (Wildman–Crippen MR) is 65.7 cm³/mol. The zero-order valence-corrected chi connectivity index (χ0v) is 10.2. The van der Waals surface area contributed by atoms with Crippen LogP contribution in [0.25, 0.3) is 12.2 Å². The van der Waals surface area contributed by atoms with Crippen molar-refractivity contribution in [2.75, 3.05) is 0 Å². The molecular weight excluding hydrogens is 275 g/mol. The second-order valence-corrected chi connectivity index (χ2v) is 4.55. The zero-order valence-electron chi connectivity index (χ0n) is 8.06. The number of hydrogen-bond acceptors (Lipinski definition) is 1. The van der Waals surface area contributed by atoms with Crippen LogP contribution in [0.2, 0.25) is 0 Å². The Labute approximate surface area is 92.3 Å². The SMILES string of the molecule is C/C=C\c1nc(C)[nH]c1/C=C(\C)I. The number of hydrogen-bond donors (Lipinski definition) is 1. The predicted octanol–water partition coefficient (Wildman–Crippen LogP) is 3.55. The summed E-state index contributed by atoms with van der Waals surface area (Å²) in [4.78, 5) is 7.58. The van der Waals surface area contributed by atoms with Gasteiger partial charge in [0.25, 0.3) is 0 Å². The normalized spacial score (nSPS) is 12.8. The van der Waals surface area contributed by atoms with E-state index in [9.17, 15) is 0 Å². The number of imidazole rings is 1. The average Bonchev–Trinajstić information content (AvgIpc) is 2.31. The molecule has 0 atom stereocenters. The number of aryl methyl sites for hydroxylation is 1. The lowest BCUT2D eigenvalue weighted by Gasteiger charge is -1.90. The molecule has 0 spiro atoms. The number of H-pyrrole nitrogens is 1. The Kier molecular flexibility index (Phi) is 3.71. The number of rotatable bonds is 2. The summed E-state index contributed by atoms with van der Waals surface area (Å²) >= 11 is 2.29. The summed E-state index contributed by atoms with van der Waals surface area (Å²) < 4.78 is 1.24. The van der Waals surface area contributed by atoms with E-state index in [4.69, 9.17) is 0 Å². The van der Waals surface area contributed by atoms with E-state index in [1.807, 2.05) is 26.0 Å². The van der Waals surface area contributed by atoms with Gasteiger partial charge in [-0.3, -0.25) is 0 Å². The van der Waals surface area contributed by atoms with Crippen molar-refractivity contribution >= 4 is 34.7 Å². The fourth-order valence-corrected chi connectivity index (χ4v) is 1.43. The summed E-state index contributed by atoms with van der Waals surface area (Å²) in [6.45, 7) is 6.03. The Balaban J connectivity index is 3.11. The van der Waals surface area contributed by atoms with E-state index < -0.39 is 0 Å². The van der Waals surface area contributed by atoms with Gasteiger partial charge in [0, 0.05) is 0 Å². The second kappa shape index (κ2) is 4.60. The van der Waals surface area contributed by atoms with Gasteiger partial charge in [0.1, 0.15) is 5.82 Å². The molecule has 0 aliphatic carbocycles. The Morgan fingerprint density at radius 1 is 1.54 bits per heavy atom. The fraction of sp³-hybridized carbons (Fsp3) is 0.300. The minimum Gasteiger partial charge on any atom is -0.342 e. The standard InChI is InChI=1S/C10H13IN2/c1-4-5-9-10(6-7(2)11)13-8(3)12-9/h4-6H,1-3H3,(H,12,13)/b5-4-,7-6+. The van der Waals surface area contributed by atoms with Crippen LogP contribution in [0.3, 0.4) is 0 Å². The highest BCUT2D eigenvalue weighted by atomic mass is 127. The van der Waals surface area contributed by atoms with Crippen LogP contribution in [0, 0.1) is 6.92 Å². The second-order valence-electron chi connectivity index (χ2n) is 2.85. The van der Waals surface area contributed by atoms with Gasteiger partial charge in [-0.25, -0.2) is 4.98 Å². The first-order chi connectivity index (χ1) is 6.13. The lowest BCUT2D eigenvalue weighted by Crippen LogP contribution is -1.77. The molecule has 0 fully saturated rings. The summed E-state index contributed by atoms with van der Waals surface area (Å²) in [6.07, 6.45) is 6.10. The van der Waals surface area contributed by atoms with Gasteiger partial charge in [0.15, 0.2) is 0 Å². The molecular formula is C10H13IN2. The summed E-state index contributed by atoms with van der Waals surface area (Å²) in [5.41, 5.74) is 2.10. The molecule has 0 radical (unpaired) electrons. The van der Waals surface area contributed by atoms with Crippen molar-refractivity contribution in [3.05, 3.63) is 26.9 Å². The quantitative estimate of drug-likeness (QED) is 0.828. The third-order valence-electron chi connectivity index (χ3n) is 1.55. The first-order valence-electron chi connectivity index (χ1n) is 4.16. The van der Waals surface area contributed by atoms with Crippen molar-refractivity contribution in [3.63, 3.8) is 0 Å². The molecule has 0 bridgehead atoms. The number of aromatic nitrogens is 2. The Hall–Kier alpha value is -0.580. The van der Waals surface area contributed by atoms with E-state index >= 15 is 0 Å². The zero-order chi connectivity index (χ0) is 9.84. The Morgan fingerprint density at radius 3 is 2.77 bits per heavy atom. The fourth-order valence-electron chi connectivity index (χ4n) is 1.12. The van der Waals surface area contributed by atoms with Crippen LogP contribution in [0.15, 0.2) is 9.66 Å². The molecule has 70 valence electrons. The van der Waals surface area contributed by atoms with Crippen molar-refractivity contribution in [1.29, 1.82) is 0 Å². The van der Waals surface area contributed by atoms with Gasteiger partial charge < -0.3 is 4.98 Å². The molecule has 2 nitrogen and oxygen atoms in total. The number of nitrogens with zero attached hydrogens (tertiary/aromatic N) is 1.